The van der Waals surface area contributed by atoms with E-state index in [1.165, 1.54) is 51.9 Å². The standard InChI is InChI=1S/C17H34N2/c1-5-18-12-17(8-6-7-14(2)9-17)13-19-10-15(3)16(4)11-19/h14-16,18H,5-13H2,1-4H3. The number of hydrogen-bond acceptors (Lipinski definition) is 2. The van der Waals surface area contributed by atoms with Gasteiger partial charge in [0.2, 0.25) is 0 Å². The van der Waals surface area contributed by atoms with Gasteiger partial charge in [-0.25, -0.2) is 0 Å². The van der Waals surface area contributed by atoms with E-state index in [-0.39, 0.29) is 0 Å². The van der Waals surface area contributed by atoms with E-state index >= 15 is 0 Å². The zero-order valence-corrected chi connectivity index (χ0v) is 13.5. The molecule has 1 aliphatic heterocycles. The van der Waals surface area contributed by atoms with Gasteiger partial charge in [-0.1, -0.05) is 40.5 Å². The molecular formula is C17H34N2. The second-order valence-electron chi connectivity index (χ2n) is 7.63. The van der Waals surface area contributed by atoms with Crippen LogP contribution in [0.4, 0.5) is 0 Å². The highest BCUT2D eigenvalue weighted by Crippen LogP contribution is 2.40. The van der Waals surface area contributed by atoms with Crippen LogP contribution >= 0.6 is 0 Å². The van der Waals surface area contributed by atoms with Crippen LogP contribution in [0.5, 0.6) is 0 Å². The summed E-state index contributed by atoms with van der Waals surface area (Å²) in [5.74, 6) is 2.69. The fraction of sp³-hybridized carbons (Fsp3) is 1.00. The molecule has 112 valence electrons. The van der Waals surface area contributed by atoms with Crippen molar-refractivity contribution >= 4 is 0 Å². The number of nitrogens with one attached hydrogen (secondary N) is 1. The average molecular weight is 266 g/mol. The Morgan fingerprint density at radius 2 is 1.84 bits per heavy atom. The molecule has 4 unspecified atom stereocenters. The van der Waals surface area contributed by atoms with Gasteiger partial charge in [-0.15, -0.1) is 0 Å². The Hall–Kier alpha value is -0.0800. The van der Waals surface area contributed by atoms with E-state index in [1.807, 2.05) is 0 Å². The highest BCUT2D eigenvalue weighted by Gasteiger charge is 2.38. The minimum absolute atomic E-state index is 0.553. The summed E-state index contributed by atoms with van der Waals surface area (Å²) in [6, 6.07) is 0. The molecule has 4 atom stereocenters. The Morgan fingerprint density at radius 3 is 2.42 bits per heavy atom. The molecule has 0 aromatic carbocycles. The molecule has 0 bridgehead atoms. The minimum Gasteiger partial charge on any atom is -0.316 e. The first-order valence-corrected chi connectivity index (χ1v) is 8.48. The van der Waals surface area contributed by atoms with Crippen LogP contribution in [0.25, 0.3) is 0 Å². The lowest BCUT2D eigenvalue weighted by Gasteiger charge is -2.43. The van der Waals surface area contributed by atoms with Crippen LogP contribution in [0.2, 0.25) is 0 Å². The van der Waals surface area contributed by atoms with E-state index in [4.69, 9.17) is 0 Å². The van der Waals surface area contributed by atoms with Crippen molar-refractivity contribution in [2.45, 2.75) is 53.4 Å². The van der Waals surface area contributed by atoms with Gasteiger partial charge >= 0.3 is 0 Å². The van der Waals surface area contributed by atoms with Crippen molar-refractivity contribution in [3.05, 3.63) is 0 Å². The van der Waals surface area contributed by atoms with Crippen molar-refractivity contribution in [3.63, 3.8) is 0 Å². The first-order valence-electron chi connectivity index (χ1n) is 8.48. The first kappa shape index (κ1) is 15.3. The third-order valence-corrected chi connectivity index (χ3v) is 5.56. The summed E-state index contributed by atoms with van der Waals surface area (Å²) >= 11 is 0. The summed E-state index contributed by atoms with van der Waals surface area (Å²) in [7, 11) is 0. The zero-order chi connectivity index (χ0) is 13.9. The quantitative estimate of drug-likeness (QED) is 0.820. The average Bonchev–Trinajstić information content (AvgIpc) is 2.65. The van der Waals surface area contributed by atoms with Crippen molar-refractivity contribution in [1.82, 2.24) is 10.2 Å². The summed E-state index contributed by atoms with van der Waals surface area (Å²) in [6.45, 7) is 15.9. The third-order valence-electron chi connectivity index (χ3n) is 5.56. The molecule has 1 aliphatic carbocycles. The molecule has 1 saturated carbocycles. The van der Waals surface area contributed by atoms with E-state index in [2.05, 4.69) is 37.9 Å². The second kappa shape index (κ2) is 6.58. The van der Waals surface area contributed by atoms with Crippen molar-refractivity contribution in [1.29, 1.82) is 0 Å². The molecule has 1 heterocycles. The molecule has 2 nitrogen and oxygen atoms in total. The maximum Gasteiger partial charge on any atom is 0.00505 e. The van der Waals surface area contributed by atoms with Crippen LogP contribution in [0.15, 0.2) is 0 Å². The van der Waals surface area contributed by atoms with Crippen LogP contribution in [-0.2, 0) is 0 Å². The molecule has 1 N–H and O–H groups in total. The third kappa shape index (κ3) is 3.95. The highest BCUT2D eigenvalue weighted by atomic mass is 15.2. The fourth-order valence-corrected chi connectivity index (χ4v) is 4.37. The number of likely N-dealkylation sites (tertiary alicyclic amines) is 1. The highest BCUT2D eigenvalue weighted by molar-refractivity contribution is 4.92. The molecule has 2 aliphatic rings. The Bertz CT molecular complexity index is 268. The maximum absolute atomic E-state index is 3.65. The summed E-state index contributed by atoms with van der Waals surface area (Å²) in [5, 5.41) is 3.65. The normalized spacial score (nSPS) is 40.7. The molecule has 0 spiro atoms. The zero-order valence-electron chi connectivity index (χ0n) is 13.5. The molecule has 2 heteroatoms. The molecule has 2 fully saturated rings. The minimum atomic E-state index is 0.553. The predicted molar refractivity (Wildman–Crippen MR) is 83.4 cm³/mol. The fourth-order valence-electron chi connectivity index (χ4n) is 4.37. The summed E-state index contributed by atoms with van der Waals surface area (Å²) in [5.41, 5.74) is 0.553. The van der Waals surface area contributed by atoms with E-state index in [1.54, 1.807) is 0 Å². The molecule has 0 amide bonds. The smallest absolute Gasteiger partial charge is 0.00505 e. The number of rotatable bonds is 5. The van der Waals surface area contributed by atoms with Crippen LogP contribution in [0.3, 0.4) is 0 Å². The molecule has 0 aromatic rings. The summed E-state index contributed by atoms with van der Waals surface area (Å²) in [6.07, 6.45) is 5.75. The van der Waals surface area contributed by atoms with Gasteiger partial charge in [0.25, 0.3) is 0 Å². The van der Waals surface area contributed by atoms with Crippen LogP contribution < -0.4 is 5.32 Å². The van der Waals surface area contributed by atoms with Crippen LogP contribution in [0.1, 0.15) is 53.4 Å². The Labute approximate surface area is 120 Å². The largest absolute Gasteiger partial charge is 0.316 e. The van der Waals surface area contributed by atoms with Crippen molar-refractivity contribution in [2.75, 3.05) is 32.7 Å². The van der Waals surface area contributed by atoms with Gasteiger partial charge in [-0.3, -0.25) is 0 Å². The molecule has 0 aromatic heterocycles. The van der Waals surface area contributed by atoms with Crippen LogP contribution in [-0.4, -0.2) is 37.6 Å². The van der Waals surface area contributed by atoms with Gasteiger partial charge < -0.3 is 10.2 Å². The van der Waals surface area contributed by atoms with Gasteiger partial charge in [0.15, 0.2) is 0 Å². The lowest BCUT2D eigenvalue weighted by Crippen LogP contribution is -2.46. The monoisotopic (exact) mass is 266 g/mol. The van der Waals surface area contributed by atoms with Crippen LogP contribution in [0, 0.1) is 23.2 Å². The van der Waals surface area contributed by atoms with Crippen molar-refractivity contribution in [2.24, 2.45) is 23.2 Å². The van der Waals surface area contributed by atoms with E-state index < -0.39 is 0 Å². The predicted octanol–water partition coefficient (Wildman–Crippen LogP) is 3.38. The van der Waals surface area contributed by atoms with E-state index in [0.29, 0.717) is 5.41 Å². The topological polar surface area (TPSA) is 15.3 Å². The number of nitrogens with zero attached hydrogens (tertiary/aromatic N) is 1. The van der Waals surface area contributed by atoms with Crippen molar-refractivity contribution < 1.29 is 0 Å². The van der Waals surface area contributed by atoms with E-state index in [0.717, 1.165) is 24.3 Å². The summed E-state index contributed by atoms with van der Waals surface area (Å²) in [4.78, 5) is 2.75. The molecular weight excluding hydrogens is 232 g/mol. The Morgan fingerprint density at radius 1 is 1.16 bits per heavy atom. The van der Waals surface area contributed by atoms with Gasteiger partial charge in [0.05, 0.1) is 0 Å². The second-order valence-corrected chi connectivity index (χ2v) is 7.63. The SMILES string of the molecule is CCNCC1(CN2CC(C)C(C)C2)CCCC(C)C1. The lowest BCUT2D eigenvalue weighted by atomic mass is 9.69. The van der Waals surface area contributed by atoms with Gasteiger partial charge in [-0.05, 0) is 42.6 Å². The Balaban J connectivity index is 1.97. The first-order chi connectivity index (χ1) is 9.04. The number of hydrogen-bond donors (Lipinski definition) is 1. The Kier molecular flexibility index (Phi) is 5.30. The maximum atomic E-state index is 3.65. The summed E-state index contributed by atoms with van der Waals surface area (Å²) < 4.78 is 0. The van der Waals surface area contributed by atoms with Gasteiger partial charge in [-0.2, -0.15) is 0 Å². The van der Waals surface area contributed by atoms with E-state index in [9.17, 15) is 0 Å². The molecule has 2 rings (SSSR count). The van der Waals surface area contributed by atoms with Gasteiger partial charge in [0, 0.05) is 26.2 Å². The molecule has 1 saturated heterocycles. The lowest BCUT2D eigenvalue weighted by molar-refractivity contribution is 0.0893. The molecule has 0 radical (unpaired) electrons. The molecule has 19 heavy (non-hydrogen) atoms. The van der Waals surface area contributed by atoms with Crippen molar-refractivity contribution in [3.8, 4) is 0 Å². The van der Waals surface area contributed by atoms with Gasteiger partial charge in [0.1, 0.15) is 0 Å².